The fourth-order valence-electron chi connectivity index (χ4n) is 2.47. The quantitative estimate of drug-likeness (QED) is 0.763. The molecule has 0 aromatic heterocycles. The lowest BCUT2D eigenvalue weighted by Crippen LogP contribution is -2.50. The van der Waals surface area contributed by atoms with Crippen LogP contribution in [0, 0.1) is 0 Å². The number of piperazine rings is 1. The minimum atomic E-state index is -3.54. The monoisotopic (exact) mass is 374 g/mol. The highest BCUT2D eigenvalue weighted by molar-refractivity contribution is 7.89. The van der Waals surface area contributed by atoms with Crippen molar-refractivity contribution in [1.82, 2.24) is 9.21 Å². The van der Waals surface area contributed by atoms with Crippen LogP contribution >= 0.6 is 11.6 Å². The van der Waals surface area contributed by atoms with E-state index in [-0.39, 0.29) is 16.9 Å². The number of sulfonamides is 1. The largest absolute Gasteiger partial charge is 0.378 e. The zero-order valence-corrected chi connectivity index (χ0v) is 15.5. The van der Waals surface area contributed by atoms with E-state index in [9.17, 15) is 13.2 Å². The molecule has 0 spiro atoms. The molecule has 0 bridgehead atoms. The van der Waals surface area contributed by atoms with Crippen molar-refractivity contribution in [3.05, 3.63) is 29.3 Å². The Morgan fingerprint density at radius 1 is 1.17 bits per heavy atom. The van der Waals surface area contributed by atoms with E-state index in [2.05, 4.69) is 0 Å². The van der Waals surface area contributed by atoms with E-state index in [1.54, 1.807) is 17.0 Å². The molecule has 1 aromatic rings. The van der Waals surface area contributed by atoms with Crippen LogP contribution in [0.15, 0.2) is 29.2 Å². The molecule has 0 N–H and O–H groups in total. The molecule has 2 rings (SSSR count). The summed E-state index contributed by atoms with van der Waals surface area (Å²) in [6, 6.07) is 6.11. The highest BCUT2D eigenvalue weighted by atomic mass is 35.5. The molecule has 1 heterocycles. The van der Waals surface area contributed by atoms with Gasteiger partial charge in [-0.2, -0.15) is 4.31 Å². The van der Waals surface area contributed by atoms with Crippen molar-refractivity contribution in [2.45, 2.75) is 31.3 Å². The minimum Gasteiger partial charge on any atom is -0.378 e. The van der Waals surface area contributed by atoms with Gasteiger partial charge >= 0.3 is 0 Å². The molecule has 0 radical (unpaired) electrons. The zero-order valence-electron chi connectivity index (χ0n) is 13.9. The Hall–Kier alpha value is -1.15. The summed E-state index contributed by atoms with van der Waals surface area (Å²) < 4.78 is 32.0. The van der Waals surface area contributed by atoms with E-state index in [1.807, 2.05) is 13.8 Å². The summed E-state index contributed by atoms with van der Waals surface area (Å²) in [7, 11) is -3.54. The number of carbonyl (C=O) groups excluding carboxylic acids is 1. The number of benzene rings is 1. The minimum absolute atomic E-state index is 0.000749. The van der Waals surface area contributed by atoms with Gasteiger partial charge in [-0.15, -0.1) is 0 Å². The summed E-state index contributed by atoms with van der Waals surface area (Å²) in [5, 5.41) is 0.494. The Balaban J connectivity index is 1.90. The number of hydrogen-bond acceptors (Lipinski definition) is 4. The van der Waals surface area contributed by atoms with Crippen LogP contribution in [0.25, 0.3) is 0 Å². The molecule has 0 unspecified atom stereocenters. The maximum atomic E-state index is 12.6. The SMILES string of the molecule is CC(C)OCCC(=O)N1CCN(S(=O)(=O)c2ccc(Cl)cc2)CC1. The topological polar surface area (TPSA) is 66.9 Å². The van der Waals surface area contributed by atoms with Crippen LogP contribution in [0.2, 0.25) is 5.02 Å². The smallest absolute Gasteiger partial charge is 0.243 e. The predicted molar refractivity (Wildman–Crippen MR) is 92.5 cm³/mol. The Kier molecular flexibility index (Phi) is 6.62. The molecular weight excluding hydrogens is 352 g/mol. The van der Waals surface area contributed by atoms with E-state index in [4.69, 9.17) is 16.3 Å². The third-order valence-electron chi connectivity index (χ3n) is 3.81. The zero-order chi connectivity index (χ0) is 17.7. The second kappa shape index (κ2) is 8.29. The summed E-state index contributed by atoms with van der Waals surface area (Å²) in [6.07, 6.45) is 0.418. The number of halogens is 1. The van der Waals surface area contributed by atoms with Crippen LogP contribution in [0.3, 0.4) is 0 Å². The van der Waals surface area contributed by atoms with Gasteiger partial charge in [0, 0.05) is 31.2 Å². The van der Waals surface area contributed by atoms with Gasteiger partial charge in [-0.1, -0.05) is 11.6 Å². The molecule has 1 amide bonds. The van der Waals surface area contributed by atoms with Gasteiger partial charge in [-0.05, 0) is 38.1 Å². The van der Waals surface area contributed by atoms with Crippen LogP contribution in [-0.4, -0.2) is 62.4 Å². The molecule has 0 atom stereocenters. The van der Waals surface area contributed by atoms with Crippen LogP contribution in [0.5, 0.6) is 0 Å². The first-order valence-electron chi connectivity index (χ1n) is 7.96. The molecule has 24 heavy (non-hydrogen) atoms. The van der Waals surface area contributed by atoms with Gasteiger partial charge in [0.15, 0.2) is 0 Å². The van der Waals surface area contributed by atoms with Crippen molar-refractivity contribution in [3.63, 3.8) is 0 Å². The van der Waals surface area contributed by atoms with E-state index >= 15 is 0 Å². The van der Waals surface area contributed by atoms with Gasteiger partial charge in [0.2, 0.25) is 15.9 Å². The predicted octanol–water partition coefficient (Wildman–Crippen LogP) is 1.99. The summed E-state index contributed by atoms with van der Waals surface area (Å²) >= 11 is 5.80. The van der Waals surface area contributed by atoms with Gasteiger partial charge in [-0.25, -0.2) is 8.42 Å². The summed E-state index contributed by atoms with van der Waals surface area (Å²) in [6.45, 7) is 5.61. The third-order valence-corrected chi connectivity index (χ3v) is 5.97. The van der Waals surface area contributed by atoms with Crippen LogP contribution in [0.1, 0.15) is 20.3 Å². The highest BCUT2D eigenvalue weighted by Crippen LogP contribution is 2.20. The van der Waals surface area contributed by atoms with Gasteiger partial charge in [0.1, 0.15) is 0 Å². The van der Waals surface area contributed by atoms with Crippen LogP contribution < -0.4 is 0 Å². The molecule has 134 valence electrons. The Bertz CT molecular complexity index is 653. The lowest BCUT2D eigenvalue weighted by atomic mass is 10.3. The second-order valence-corrected chi connectivity index (χ2v) is 8.28. The summed E-state index contributed by atoms with van der Waals surface area (Å²) in [4.78, 5) is 14.0. The van der Waals surface area contributed by atoms with Gasteiger partial charge in [0.05, 0.1) is 24.0 Å². The molecule has 1 aliphatic rings. The standard InChI is InChI=1S/C16H23ClN2O4S/c1-13(2)23-12-7-16(20)18-8-10-19(11-9-18)24(21,22)15-5-3-14(17)4-6-15/h3-6,13H,7-12H2,1-2H3. The average Bonchev–Trinajstić information content (AvgIpc) is 2.55. The number of nitrogens with zero attached hydrogens (tertiary/aromatic N) is 2. The molecule has 1 aliphatic heterocycles. The van der Waals surface area contributed by atoms with Gasteiger partial charge in [-0.3, -0.25) is 4.79 Å². The Morgan fingerprint density at radius 3 is 2.29 bits per heavy atom. The molecule has 0 aliphatic carbocycles. The molecule has 1 fully saturated rings. The van der Waals surface area contributed by atoms with E-state index < -0.39 is 10.0 Å². The molecule has 1 saturated heterocycles. The fraction of sp³-hybridized carbons (Fsp3) is 0.562. The summed E-state index contributed by atoms with van der Waals surface area (Å²) in [5.41, 5.74) is 0. The number of amides is 1. The highest BCUT2D eigenvalue weighted by Gasteiger charge is 2.29. The third kappa shape index (κ3) is 4.92. The molecule has 8 heteroatoms. The number of hydrogen-bond donors (Lipinski definition) is 0. The molecule has 0 saturated carbocycles. The van der Waals surface area contributed by atoms with Gasteiger partial charge in [0.25, 0.3) is 0 Å². The van der Waals surface area contributed by atoms with E-state index in [0.717, 1.165) is 0 Å². The number of rotatable bonds is 6. The van der Waals surface area contributed by atoms with Crippen molar-refractivity contribution in [2.24, 2.45) is 0 Å². The molecular formula is C16H23ClN2O4S. The van der Waals surface area contributed by atoms with Crippen molar-refractivity contribution >= 4 is 27.5 Å². The van der Waals surface area contributed by atoms with Crippen LogP contribution in [0.4, 0.5) is 0 Å². The lowest BCUT2D eigenvalue weighted by molar-refractivity contribution is -0.133. The first-order chi connectivity index (χ1) is 11.3. The fourth-order valence-corrected chi connectivity index (χ4v) is 4.02. The second-order valence-electron chi connectivity index (χ2n) is 5.91. The first kappa shape index (κ1) is 19.2. The number of carbonyl (C=O) groups is 1. The normalized spacial score (nSPS) is 16.6. The maximum Gasteiger partial charge on any atom is 0.243 e. The van der Waals surface area contributed by atoms with Crippen molar-refractivity contribution in [3.8, 4) is 0 Å². The van der Waals surface area contributed by atoms with Crippen molar-refractivity contribution < 1.29 is 17.9 Å². The lowest BCUT2D eigenvalue weighted by Gasteiger charge is -2.34. The maximum absolute atomic E-state index is 12.6. The Labute approximate surface area is 148 Å². The molecule has 1 aromatic carbocycles. The van der Waals surface area contributed by atoms with Crippen molar-refractivity contribution in [2.75, 3.05) is 32.8 Å². The van der Waals surface area contributed by atoms with Gasteiger partial charge < -0.3 is 9.64 Å². The first-order valence-corrected chi connectivity index (χ1v) is 9.77. The molecule has 6 nitrogen and oxygen atoms in total. The van der Waals surface area contributed by atoms with Crippen molar-refractivity contribution in [1.29, 1.82) is 0 Å². The van der Waals surface area contributed by atoms with Crippen LogP contribution in [-0.2, 0) is 19.6 Å². The van der Waals surface area contributed by atoms with E-state index in [0.29, 0.717) is 44.2 Å². The average molecular weight is 375 g/mol. The summed E-state index contributed by atoms with van der Waals surface area (Å²) in [5.74, 6) is -0.000749. The Morgan fingerprint density at radius 2 is 1.75 bits per heavy atom. The number of ether oxygens (including phenoxy) is 1. The van der Waals surface area contributed by atoms with E-state index in [1.165, 1.54) is 16.4 Å².